The standard InChI is InChI=1S/C37H36F2N8O2/c38-25-10-12-30(39)28(21-25)32-8-4-15-46(32)34-14-16-47-36(42-34)29(22-40-47)31-7-3-9-33(41-31)45-19-17-44(18-20-45)23-24-5-1-2-6-26(24)27-11-13-35(48)43-37(27)49/h1-3,5-7,9-10,12,14,16,21-22,27,32H,4,8,11,13,15,17-20,23H2,(H,43,48,49)/t27?,32-/m1/s1. The van der Waals surface area contributed by atoms with E-state index in [4.69, 9.17) is 9.97 Å². The first-order valence-electron chi connectivity index (χ1n) is 16.8. The number of halogens is 2. The third-order valence-corrected chi connectivity index (χ3v) is 9.99. The van der Waals surface area contributed by atoms with Crippen LogP contribution in [0.2, 0.25) is 0 Å². The van der Waals surface area contributed by atoms with Gasteiger partial charge < -0.3 is 9.80 Å². The average molecular weight is 663 g/mol. The lowest BCUT2D eigenvalue weighted by molar-refractivity contribution is -0.134. The van der Waals surface area contributed by atoms with Crippen molar-refractivity contribution >= 4 is 29.1 Å². The van der Waals surface area contributed by atoms with Crippen LogP contribution < -0.4 is 15.1 Å². The van der Waals surface area contributed by atoms with Crippen molar-refractivity contribution in [1.82, 2.24) is 29.8 Å². The summed E-state index contributed by atoms with van der Waals surface area (Å²) in [6.45, 7) is 4.67. The van der Waals surface area contributed by atoms with Crippen molar-refractivity contribution < 1.29 is 18.4 Å². The number of nitrogens with one attached hydrogen (secondary N) is 1. The maximum Gasteiger partial charge on any atom is 0.234 e. The second-order valence-corrected chi connectivity index (χ2v) is 13.0. The van der Waals surface area contributed by atoms with Crippen LogP contribution in [0.25, 0.3) is 16.9 Å². The molecule has 49 heavy (non-hydrogen) atoms. The Balaban J connectivity index is 0.978. The monoisotopic (exact) mass is 662 g/mol. The van der Waals surface area contributed by atoms with Crippen LogP contribution in [0.4, 0.5) is 20.4 Å². The highest BCUT2D eigenvalue weighted by molar-refractivity contribution is 6.01. The number of piperidine rings is 1. The van der Waals surface area contributed by atoms with E-state index in [1.54, 1.807) is 10.7 Å². The molecule has 2 atom stereocenters. The van der Waals surface area contributed by atoms with Gasteiger partial charge in [0, 0.05) is 57.4 Å². The van der Waals surface area contributed by atoms with Crippen molar-refractivity contribution in [3.8, 4) is 11.3 Å². The predicted octanol–water partition coefficient (Wildman–Crippen LogP) is 5.25. The van der Waals surface area contributed by atoms with Gasteiger partial charge in [0.1, 0.15) is 23.3 Å². The number of amides is 2. The molecule has 0 aliphatic carbocycles. The van der Waals surface area contributed by atoms with Crippen LogP contribution in [0, 0.1) is 11.6 Å². The Morgan fingerprint density at radius 2 is 1.69 bits per heavy atom. The summed E-state index contributed by atoms with van der Waals surface area (Å²) in [5.41, 5.74) is 4.66. The van der Waals surface area contributed by atoms with Gasteiger partial charge >= 0.3 is 0 Å². The number of aromatic nitrogens is 4. The second-order valence-electron chi connectivity index (χ2n) is 13.0. The van der Waals surface area contributed by atoms with E-state index < -0.39 is 11.6 Å². The number of benzene rings is 2. The quantitative estimate of drug-likeness (QED) is 0.236. The number of hydrogen-bond donors (Lipinski definition) is 1. The average Bonchev–Trinajstić information content (AvgIpc) is 3.78. The van der Waals surface area contributed by atoms with E-state index in [1.807, 2.05) is 53.6 Å². The van der Waals surface area contributed by atoms with Crippen LogP contribution >= 0.6 is 0 Å². The lowest BCUT2D eigenvalue weighted by Gasteiger charge is -2.36. The molecule has 6 heterocycles. The Labute approximate surface area is 282 Å². The molecule has 1 N–H and O–H groups in total. The molecular weight excluding hydrogens is 626 g/mol. The van der Waals surface area contributed by atoms with Gasteiger partial charge in [-0.05, 0) is 66.8 Å². The van der Waals surface area contributed by atoms with Gasteiger partial charge in [-0.1, -0.05) is 30.3 Å². The molecule has 5 aromatic rings. The van der Waals surface area contributed by atoms with Crippen LogP contribution in [-0.2, 0) is 16.1 Å². The largest absolute Gasteiger partial charge is 0.354 e. The highest BCUT2D eigenvalue weighted by Crippen LogP contribution is 2.37. The van der Waals surface area contributed by atoms with E-state index >= 15 is 0 Å². The predicted molar refractivity (Wildman–Crippen MR) is 181 cm³/mol. The minimum absolute atomic E-state index is 0.203. The molecule has 3 aliphatic heterocycles. The molecule has 2 aromatic carbocycles. The van der Waals surface area contributed by atoms with Crippen LogP contribution in [-0.4, -0.2) is 69.0 Å². The zero-order chi connectivity index (χ0) is 33.5. The zero-order valence-corrected chi connectivity index (χ0v) is 26.9. The fraction of sp³-hybridized carbons (Fsp3) is 0.324. The summed E-state index contributed by atoms with van der Waals surface area (Å²) in [6, 6.07) is 19.2. The lowest BCUT2D eigenvalue weighted by Crippen LogP contribution is -2.46. The van der Waals surface area contributed by atoms with Crippen molar-refractivity contribution in [2.45, 2.75) is 44.2 Å². The lowest BCUT2D eigenvalue weighted by atomic mass is 9.87. The van der Waals surface area contributed by atoms with E-state index in [0.29, 0.717) is 42.8 Å². The second kappa shape index (κ2) is 13.0. The number of nitrogens with zero attached hydrogens (tertiary/aromatic N) is 7. The first-order valence-corrected chi connectivity index (χ1v) is 16.8. The zero-order valence-electron chi connectivity index (χ0n) is 26.9. The maximum absolute atomic E-state index is 14.8. The molecule has 0 bridgehead atoms. The first kappa shape index (κ1) is 31.1. The summed E-state index contributed by atoms with van der Waals surface area (Å²) < 4.78 is 30.5. The molecule has 0 radical (unpaired) electrons. The smallest absolute Gasteiger partial charge is 0.234 e. The summed E-state index contributed by atoms with van der Waals surface area (Å²) in [6.07, 6.45) is 6.07. The van der Waals surface area contributed by atoms with Crippen LogP contribution in [0.15, 0.2) is 79.1 Å². The third-order valence-electron chi connectivity index (χ3n) is 9.99. The molecule has 2 amide bonds. The topological polar surface area (TPSA) is 99.0 Å². The maximum atomic E-state index is 14.8. The molecule has 8 rings (SSSR count). The Kier molecular flexibility index (Phi) is 8.24. The molecule has 1 unspecified atom stereocenters. The summed E-state index contributed by atoms with van der Waals surface area (Å²) in [5, 5.41) is 7.02. The Hall–Kier alpha value is -5.23. The Morgan fingerprint density at radius 3 is 2.55 bits per heavy atom. The van der Waals surface area contributed by atoms with Crippen molar-refractivity contribution in [2.75, 3.05) is 42.5 Å². The molecule has 250 valence electrons. The SMILES string of the molecule is O=C1CCC(c2ccccc2CN2CCN(c3cccc(-c4cnn5ccc(N6CCC[C@@H]6c6cc(F)ccc6F)nc45)n3)CC2)C(=O)N1. The number of hydrogen-bond acceptors (Lipinski definition) is 8. The number of pyridine rings is 1. The number of anilines is 2. The molecule has 10 nitrogen and oxygen atoms in total. The summed E-state index contributed by atoms with van der Waals surface area (Å²) in [7, 11) is 0. The van der Waals surface area contributed by atoms with Gasteiger partial charge in [-0.2, -0.15) is 5.10 Å². The fourth-order valence-corrected chi connectivity index (χ4v) is 7.47. The van der Waals surface area contributed by atoms with Gasteiger partial charge in [-0.3, -0.25) is 19.8 Å². The van der Waals surface area contributed by atoms with E-state index in [9.17, 15) is 18.4 Å². The molecular formula is C37H36F2N8O2. The molecule has 3 fully saturated rings. The highest BCUT2D eigenvalue weighted by atomic mass is 19.1. The van der Waals surface area contributed by atoms with E-state index in [2.05, 4.69) is 26.3 Å². The summed E-state index contributed by atoms with van der Waals surface area (Å²) in [4.78, 5) is 41.0. The number of piperazine rings is 1. The molecule has 3 aliphatic rings. The van der Waals surface area contributed by atoms with E-state index in [0.717, 1.165) is 73.4 Å². The minimum atomic E-state index is -0.452. The van der Waals surface area contributed by atoms with Crippen LogP contribution in [0.5, 0.6) is 0 Å². The van der Waals surface area contributed by atoms with Crippen LogP contribution in [0.3, 0.4) is 0 Å². The van der Waals surface area contributed by atoms with Gasteiger partial charge in [0.15, 0.2) is 5.65 Å². The van der Waals surface area contributed by atoms with Crippen molar-refractivity contribution in [1.29, 1.82) is 0 Å². The number of rotatable bonds is 7. The Morgan fingerprint density at radius 1 is 0.837 bits per heavy atom. The van der Waals surface area contributed by atoms with E-state index in [-0.39, 0.29) is 23.8 Å². The van der Waals surface area contributed by atoms with Gasteiger partial charge in [-0.15, -0.1) is 0 Å². The first-order chi connectivity index (χ1) is 23.9. The summed E-state index contributed by atoms with van der Waals surface area (Å²) in [5.74, 6) is -0.0246. The number of carbonyl (C=O) groups is 2. The number of carbonyl (C=O) groups excluding carboxylic acids is 2. The summed E-state index contributed by atoms with van der Waals surface area (Å²) >= 11 is 0. The van der Waals surface area contributed by atoms with Gasteiger partial charge in [0.25, 0.3) is 0 Å². The fourth-order valence-electron chi connectivity index (χ4n) is 7.47. The minimum Gasteiger partial charge on any atom is -0.354 e. The van der Waals surface area contributed by atoms with Crippen molar-refractivity contribution in [2.24, 2.45) is 0 Å². The van der Waals surface area contributed by atoms with E-state index in [1.165, 1.54) is 12.1 Å². The van der Waals surface area contributed by atoms with Gasteiger partial charge in [0.2, 0.25) is 11.8 Å². The molecule has 12 heteroatoms. The van der Waals surface area contributed by atoms with Crippen molar-refractivity contribution in [3.05, 3.63) is 107 Å². The van der Waals surface area contributed by atoms with Gasteiger partial charge in [0.05, 0.1) is 29.4 Å². The normalized spacial score (nSPS) is 20.3. The van der Waals surface area contributed by atoms with Crippen molar-refractivity contribution in [3.63, 3.8) is 0 Å². The highest BCUT2D eigenvalue weighted by Gasteiger charge is 2.31. The number of imide groups is 1. The molecule has 3 aromatic heterocycles. The number of fused-ring (bicyclic) bond motifs is 1. The van der Waals surface area contributed by atoms with Gasteiger partial charge in [-0.25, -0.2) is 23.3 Å². The van der Waals surface area contributed by atoms with Crippen LogP contribution in [0.1, 0.15) is 54.3 Å². The molecule has 0 spiro atoms. The third kappa shape index (κ3) is 6.12. The Bertz CT molecular complexity index is 2040. The molecule has 0 saturated carbocycles. The molecule has 3 saturated heterocycles.